The summed E-state index contributed by atoms with van der Waals surface area (Å²) in [6, 6.07) is 20.3. The lowest BCUT2D eigenvalue weighted by Crippen LogP contribution is -2.02. The van der Waals surface area contributed by atoms with Gasteiger partial charge in [-0.3, -0.25) is 0 Å². The standard InChI is InChI=1S/C16H15N3/c17-11-14-12-18-19(15-9-5-2-6-10-15)16(14)13-7-3-1-4-8-13/h1-10,12H,11,17H2. The maximum atomic E-state index is 5.83. The highest BCUT2D eigenvalue weighted by molar-refractivity contribution is 5.65. The van der Waals surface area contributed by atoms with E-state index in [2.05, 4.69) is 17.2 Å². The van der Waals surface area contributed by atoms with Crippen molar-refractivity contribution in [2.45, 2.75) is 6.54 Å². The molecule has 0 saturated heterocycles. The normalized spacial score (nSPS) is 10.6. The molecular weight excluding hydrogens is 234 g/mol. The molecule has 19 heavy (non-hydrogen) atoms. The van der Waals surface area contributed by atoms with E-state index < -0.39 is 0 Å². The van der Waals surface area contributed by atoms with E-state index in [4.69, 9.17) is 5.73 Å². The van der Waals surface area contributed by atoms with Crippen LogP contribution >= 0.6 is 0 Å². The number of nitrogens with two attached hydrogens (primary N) is 1. The lowest BCUT2D eigenvalue weighted by molar-refractivity contribution is 0.887. The van der Waals surface area contributed by atoms with Crippen molar-refractivity contribution >= 4 is 0 Å². The van der Waals surface area contributed by atoms with Crippen LogP contribution in [-0.2, 0) is 6.54 Å². The van der Waals surface area contributed by atoms with E-state index in [1.165, 1.54) is 0 Å². The fraction of sp³-hybridized carbons (Fsp3) is 0.0625. The topological polar surface area (TPSA) is 43.8 Å². The van der Waals surface area contributed by atoms with E-state index in [-0.39, 0.29) is 0 Å². The highest BCUT2D eigenvalue weighted by atomic mass is 15.3. The summed E-state index contributed by atoms with van der Waals surface area (Å²) in [5.41, 5.74) is 10.1. The highest BCUT2D eigenvalue weighted by Crippen LogP contribution is 2.26. The summed E-state index contributed by atoms with van der Waals surface area (Å²) >= 11 is 0. The molecule has 0 bridgehead atoms. The molecule has 0 amide bonds. The van der Waals surface area contributed by atoms with Crippen LogP contribution in [-0.4, -0.2) is 9.78 Å². The Kier molecular flexibility index (Phi) is 3.12. The van der Waals surface area contributed by atoms with Gasteiger partial charge >= 0.3 is 0 Å². The van der Waals surface area contributed by atoms with Gasteiger partial charge in [0.25, 0.3) is 0 Å². The fourth-order valence-electron chi connectivity index (χ4n) is 2.20. The summed E-state index contributed by atoms with van der Waals surface area (Å²) in [5, 5.41) is 4.47. The first-order valence-corrected chi connectivity index (χ1v) is 6.28. The molecule has 0 aliphatic carbocycles. The van der Waals surface area contributed by atoms with Crippen LogP contribution in [0.15, 0.2) is 66.9 Å². The van der Waals surface area contributed by atoms with Crippen molar-refractivity contribution in [1.82, 2.24) is 9.78 Å². The maximum absolute atomic E-state index is 5.83. The first kappa shape index (κ1) is 11.7. The first-order chi connectivity index (χ1) is 9.40. The molecule has 0 radical (unpaired) electrons. The van der Waals surface area contributed by atoms with E-state index in [1.54, 1.807) is 0 Å². The molecule has 94 valence electrons. The molecule has 3 heteroatoms. The molecule has 2 N–H and O–H groups in total. The lowest BCUT2D eigenvalue weighted by Gasteiger charge is -2.09. The second-order valence-corrected chi connectivity index (χ2v) is 4.34. The average Bonchev–Trinajstić information content (AvgIpc) is 2.93. The number of rotatable bonds is 3. The van der Waals surface area contributed by atoms with Crippen molar-refractivity contribution in [2.24, 2.45) is 5.73 Å². The lowest BCUT2D eigenvalue weighted by atomic mass is 10.1. The predicted octanol–water partition coefficient (Wildman–Crippen LogP) is 3.00. The number of nitrogens with zero attached hydrogens (tertiary/aromatic N) is 2. The molecule has 0 saturated carbocycles. The third-order valence-corrected chi connectivity index (χ3v) is 3.11. The van der Waals surface area contributed by atoms with Crippen LogP contribution in [0.5, 0.6) is 0 Å². The molecule has 3 rings (SSSR count). The maximum Gasteiger partial charge on any atom is 0.0785 e. The monoisotopic (exact) mass is 249 g/mol. The number of benzene rings is 2. The van der Waals surface area contributed by atoms with Gasteiger partial charge in [0.15, 0.2) is 0 Å². The van der Waals surface area contributed by atoms with Crippen LogP contribution in [0, 0.1) is 0 Å². The largest absolute Gasteiger partial charge is 0.326 e. The van der Waals surface area contributed by atoms with Crippen molar-refractivity contribution in [3.63, 3.8) is 0 Å². The summed E-state index contributed by atoms with van der Waals surface area (Å²) in [4.78, 5) is 0. The summed E-state index contributed by atoms with van der Waals surface area (Å²) in [6.07, 6.45) is 1.84. The molecule has 1 heterocycles. The predicted molar refractivity (Wildman–Crippen MR) is 76.9 cm³/mol. The molecule has 3 aromatic rings. The highest BCUT2D eigenvalue weighted by Gasteiger charge is 2.12. The zero-order valence-electron chi connectivity index (χ0n) is 10.5. The number of aromatic nitrogens is 2. The summed E-state index contributed by atoms with van der Waals surface area (Å²) < 4.78 is 1.94. The van der Waals surface area contributed by atoms with Crippen molar-refractivity contribution < 1.29 is 0 Å². The smallest absolute Gasteiger partial charge is 0.0785 e. The summed E-state index contributed by atoms with van der Waals surface area (Å²) in [5.74, 6) is 0. The average molecular weight is 249 g/mol. The molecule has 0 spiro atoms. The van der Waals surface area contributed by atoms with Crippen LogP contribution in [0.1, 0.15) is 5.56 Å². The molecule has 0 unspecified atom stereocenters. The summed E-state index contributed by atoms with van der Waals surface area (Å²) in [7, 11) is 0. The minimum Gasteiger partial charge on any atom is -0.326 e. The van der Waals surface area contributed by atoms with Crippen LogP contribution in [0.3, 0.4) is 0 Å². The van der Waals surface area contributed by atoms with E-state index in [1.807, 2.05) is 59.4 Å². The molecule has 0 atom stereocenters. The third-order valence-electron chi connectivity index (χ3n) is 3.11. The van der Waals surface area contributed by atoms with E-state index in [0.717, 1.165) is 22.5 Å². The minimum absolute atomic E-state index is 0.483. The van der Waals surface area contributed by atoms with Crippen LogP contribution in [0.25, 0.3) is 16.9 Å². The van der Waals surface area contributed by atoms with Gasteiger partial charge in [-0.15, -0.1) is 0 Å². The van der Waals surface area contributed by atoms with Crippen molar-refractivity contribution in [3.05, 3.63) is 72.4 Å². The van der Waals surface area contributed by atoms with Gasteiger partial charge in [-0.05, 0) is 12.1 Å². The zero-order chi connectivity index (χ0) is 13.1. The minimum atomic E-state index is 0.483. The Hall–Kier alpha value is -2.39. The molecule has 0 aliphatic heterocycles. The van der Waals surface area contributed by atoms with Gasteiger partial charge in [-0.2, -0.15) is 5.10 Å². The van der Waals surface area contributed by atoms with Crippen LogP contribution in [0.2, 0.25) is 0 Å². The van der Waals surface area contributed by atoms with Crippen LogP contribution < -0.4 is 5.73 Å². The van der Waals surface area contributed by atoms with Gasteiger partial charge < -0.3 is 5.73 Å². The van der Waals surface area contributed by atoms with E-state index in [0.29, 0.717) is 6.54 Å². The van der Waals surface area contributed by atoms with Gasteiger partial charge in [-0.25, -0.2) is 4.68 Å². The van der Waals surface area contributed by atoms with Gasteiger partial charge in [0.1, 0.15) is 0 Å². The third kappa shape index (κ3) is 2.16. The number of hydrogen-bond acceptors (Lipinski definition) is 2. The Bertz CT molecular complexity index is 657. The van der Waals surface area contributed by atoms with Crippen LogP contribution in [0.4, 0.5) is 0 Å². The quantitative estimate of drug-likeness (QED) is 0.775. The molecule has 0 fully saturated rings. The Morgan fingerprint density at radius 3 is 2.16 bits per heavy atom. The SMILES string of the molecule is NCc1cnn(-c2ccccc2)c1-c1ccccc1. The van der Waals surface area contributed by atoms with Gasteiger partial charge in [0.05, 0.1) is 17.6 Å². The fourth-order valence-corrected chi connectivity index (χ4v) is 2.20. The Labute approximate surface area is 112 Å². The Morgan fingerprint density at radius 1 is 0.895 bits per heavy atom. The summed E-state index contributed by atoms with van der Waals surface area (Å²) in [6.45, 7) is 0.483. The second kappa shape index (κ2) is 5.08. The molecular formula is C16H15N3. The van der Waals surface area contributed by atoms with E-state index in [9.17, 15) is 0 Å². The molecule has 1 aromatic heterocycles. The molecule has 2 aromatic carbocycles. The second-order valence-electron chi connectivity index (χ2n) is 4.34. The molecule has 3 nitrogen and oxygen atoms in total. The Balaban J connectivity index is 2.20. The molecule has 0 aliphatic rings. The number of para-hydroxylation sites is 1. The Morgan fingerprint density at radius 2 is 1.53 bits per heavy atom. The first-order valence-electron chi connectivity index (χ1n) is 6.28. The van der Waals surface area contributed by atoms with Gasteiger partial charge in [-0.1, -0.05) is 48.5 Å². The zero-order valence-corrected chi connectivity index (χ0v) is 10.5. The van der Waals surface area contributed by atoms with Crippen molar-refractivity contribution in [3.8, 4) is 16.9 Å². The van der Waals surface area contributed by atoms with Crippen molar-refractivity contribution in [1.29, 1.82) is 0 Å². The van der Waals surface area contributed by atoms with Crippen molar-refractivity contribution in [2.75, 3.05) is 0 Å². The van der Waals surface area contributed by atoms with Gasteiger partial charge in [0, 0.05) is 17.7 Å². The van der Waals surface area contributed by atoms with Gasteiger partial charge in [0.2, 0.25) is 0 Å². The van der Waals surface area contributed by atoms with E-state index >= 15 is 0 Å². The number of hydrogen-bond donors (Lipinski definition) is 1.